The fourth-order valence-electron chi connectivity index (χ4n) is 4.46. The molecule has 2 atom stereocenters. The van der Waals surface area contributed by atoms with Crippen molar-refractivity contribution < 1.29 is 15.0 Å². The molecule has 2 N–H and O–H groups in total. The zero-order chi connectivity index (χ0) is 9.97. The molecule has 0 unspecified atom stereocenters. The molecule has 3 nitrogen and oxygen atoms in total. The molecule has 4 rings (SSSR count). The number of hydrogen-bond donors (Lipinski definition) is 2. The standard InChI is InChI=1S/C11H16O3/c12-9(13)10-2-7-1-8(3-10)5-11(14,4-7)6-10/h7-8,14H,1-6H2,(H,12,13)/t7-,8-,10?,11?/m1/s1. The molecule has 0 amide bonds. The Morgan fingerprint density at radius 1 is 1.14 bits per heavy atom. The van der Waals surface area contributed by atoms with Gasteiger partial charge in [-0.2, -0.15) is 0 Å². The van der Waals surface area contributed by atoms with Gasteiger partial charge in [-0.25, -0.2) is 0 Å². The van der Waals surface area contributed by atoms with E-state index in [4.69, 9.17) is 0 Å². The molecule has 4 bridgehead atoms. The van der Waals surface area contributed by atoms with Gasteiger partial charge in [-0.15, -0.1) is 0 Å². The van der Waals surface area contributed by atoms with Gasteiger partial charge in [0, 0.05) is 0 Å². The Balaban J connectivity index is 2.00. The minimum atomic E-state index is -0.676. The van der Waals surface area contributed by atoms with E-state index in [1.165, 1.54) is 0 Å². The second-order valence-corrected chi connectivity index (χ2v) is 5.77. The summed E-state index contributed by atoms with van der Waals surface area (Å²) in [6, 6.07) is 0. The van der Waals surface area contributed by atoms with E-state index in [1.807, 2.05) is 0 Å². The maximum absolute atomic E-state index is 11.3. The second-order valence-electron chi connectivity index (χ2n) is 5.77. The first-order valence-corrected chi connectivity index (χ1v) is 5.47. The van der Waals surface area contributed by atoms with Gasteiger partial charge in [-0.3, -0.25) is 4.79 Å². The Hall–Kier alpha value is -0.570. The van der Waals surface area contributed by atoms with Crippen molar-refractivity contribution in [1.82, 2.24) is 0 Å². The molecule has 0 saturated heterocycles. The number of carbonyl (C=O) groups is 1. The summed E-state index contributed by atoms with van der Waals surface area (Å²) in [5, 5.41) is 19.5. The van der Waals surface area contributed by atoms with Crippen molar-refractivity contribution >= 4 is 5.97 Å². The Morgan fingerprint density at radius 3 is 2.14 bits per heavy atom. The van der Waals surface area contributed by atoms with Gasteiger partial charge in [0.05, 0.1) is 11.0 Å². The molecule has 3 heteroatoms. The topological polar surface area (TPSA) is 57.5 Å². The van der Waals surface area contributed by atoms with Crippen LogP contribution in [0.2, 0.25) is 0 Å². The highest BCUT2D eigenvalue weighted by molar-refractivity contribution is 5.75. The SMILES string of the molecule is O=C(O)C12C[C@H]3C[C@@H](CC(O)(C3)C1)C2. The highest BCUT2D eigenvalue weighted by Gasteiger charge is 2.60. The molecule has 4 aliphatic rings. The van der Waals surface area contributed by atoms with E-state index < -0.39 is 17.0 Å². The fraction of sp³-hybridized carbons (Fsp3) is 0.909. The Bertz CT molecular complexity index is 283. The molecule has 0 heterocycles. The fourth-order valence-corrected chi connectivity index (χ4v) is 4.46. The maximum Gasteiger partial charge on any atom is 0.309 e. The van der Waals surface area contributed by atoms with Gasteiger partial charge in [-0.1, -0.05) is 0 Å². The monoisotopic (exact) mass is 196 g/mol. The van der Waals surface area contributed by atoms with Crippen LogP contribution in [-0.4, -0.2) is 21.8 Å². The zero-order valence-corrected chi connectivity index (χ0v) is 8.20. The summed E-state index contributed by atoms with van der Waals surface area (Å²) in [4.78, 5) is 11.3. The van der Waals surface area contributed by atoms with E-state index >= 15 is 0 Å². The summed E-state index contributed by atoms with van der Waals surface area (Å²) in [6.45, 7) is 0. The van der Waals surface area contributed by atoms with Crippen molar-refractivity contribution in [3.8, 4) is 0 Å². The number of carboxylic acid groups (broad SMARTS) is 1. The molecule has 0 aromatic heterocycles. The second kappa shape index (κ2) is 2.32. The van der Waals surface area contributed by atoms with E-state index in [1.54, 1.807) is 0 Å². The number of carboxylic acids is 1. The molecule has 0 aromatic rings. The van der Waals surface area contributed by atoms with Crippen molar-refractivity contribution in [3.63, 3.8) is 0 Å². The third kappa shape index (κ3) is 0.991. The van der Waals surface area contributed by atoms with E-state index in [9.17, 15) is 15.0 Å². The summed E-state index contributed by atoms with van der Waals surface area (Å²) in [7, 11) is 0. The van der Waals surface area contributed by atoms with E-state index in [2.05, 4.69) is 0 Å². The molecule has 78 valence electrons. The van der Waals surface area contributed by atoms with E-state index in [0.717, 1.165) is 32.1 Å². The summed E-state index contributed by atoms with van der Waals surface area (Å²) in [5.41, 5.74) is -1.21. The molecule has 14 heavy (non-hydrogen) atoms. The third-order valence-corrected chi connectivity index (χ3v) is 4.48. The van der Waals surface area contributed by atoms with Gasteiger partial charge in [0.2, 0.25) is 0 Å². The van der Waals surface area contributed by atoms with Crippen LogP contribution < -0.4 is 0 Å². The largest absolute Gasteiger partial charge is 0.481 e. The number of aliphatic hydroxyl groups is 1. The highest BCUT2D eigenvalue weighted by Crippen LogP contribution is 2.61. The number of aliphatic carboxylic acids is 1. The van der Waals surface area contributed by atoms with Gasteiger partial charge in [0.25, 0.3) is 0 Å². The summed E-state index contributed by atoms with van der Waals surface area (Å²) >= 11 is 0. The first-order valence-electron chi connectivity index (χ1n) is 5.47. The lowest BCUT2D eigenvalue weighted by Gasteiger charge is -2.58. The van der Waals surface area contributed by atoms with Crippen molar-refractivity contribution in [2.45, 2.75) is 44.1 Å². The molecule has 4 saturated carbocycles. The molecule has 4 aliphatic carbocycles. The van der Waals surface area contributed by atoms with E-state index in [-0.39, 0.29) is 0 Å². The van der Waals surface area contributed by atoms with Crippen molar-refractivity contribution in [2.24, 2.45) is 17.3 Å². The van der Waals surface area contributed by atoms with Gasteiger partial charge < -0.3 is 10.2 Å². The summed E-state index contributed by atoms with van der Waals surface area (Å²) < 4.78 is 0. The number of hydrogen-bond acceptors (Lipinski definition) is 2. The van der Waals surface area contributed by atoms with Gasteiger partial charge in [-0.05, 0) is 50.4 Å². The zero-order valence-electron chi connectivity index (χ0n) is 8.20. The lowest BCUT2D eigenvalue weighted by atomic mass is 9.48. The predicted molar refractivity (Wildman–Crippen MR) is 49.7 cm³/mol. The average molecular weight is 196 g/mol. The van der Waals surface area contributed by atoms with Gasteiger partial charge >= 0.3 is 5.97 Å². The lowest BCUT2D eigenvalue weighted by Crippen LogP contribution is -2.58. The Morgan fingerprint density at radius 2 is 1.71 bits per heavy atom. The minimum absolute atomic E-state index is 0.470. The van der Waals surface area contributed by atoms with Crippen LogP contribution in [0.4, 0.5) is 0 Å². The van der Waals surface area contributed by atoms with Crippen molar-refractivity contribution in [2.75, 3.05) is 0 Å². The van der Waals surface area contributed by atoms with Crippen LogP contribution in [0.3, 0.4) is 0 Å². The minimum Gasteiger partial charge on any atom is -0.481 e. The summed E-state index contributed by atoms with van der Waals surface area (Å²) in [6.07, 6.45) is 4.96. The van der Waals surface area contributed by atoms with Crippen LogP contribution in [0.15, 0.2) is 0 Å². The first-order chi connectivity index (χ1) is 6.51. The third-order valence-electron chi connectivity index (χ3n) is 4.48. The maximum atomic E-state index is 11.3. The van der Waals surface area contributed by atoms with Gasteiger partial charge in [0.1, 0.15) is 0 Å². The molecule has 0 radical (unpaired) electrons. The average Bonchev–Trinajstić information content (AvgIpc) is 1.98. The summed E-state index contributed by atoms with van der Waals surface area (Å²) in [5.74, 6) is 0.264. The highest BCUT2D eigenvalue weighted by atomic mass is 16.4. The smallest absolute Gasteiger partial charge is 0.309 e. The van der Waals surface area contributed by atoms with Gasteiger partial charge in [0.15, 0.2) is 0 Å². The van der Waals surface area contributed by atoms with Crippen LogP contribution in [0.5, 0.6) is 0 Å². The predicted octanol–water partition coefficient (Wildman–Crippen LogP) is 1.40. The lowest BCUT2D eigenvalue weighted by molar-refractivity contribution is -0.191. The molecular weight excluding hydrogens is 180 g/mol. The Kier molecular flexibility index (Phi) is 1.45. The van der Waals surface area contributed by atoms with Crippen LogP contribution in [-0.2, 0) is 4.79 Å². The quantitative estimate of drug-likeness (QED) is 0.666. The van der Waals surface area contributed by atoms with Crippen LogP contribution in [0, 0.1) is 17.3 Å². The molecule has 0 spiro atoms. The van der Waals surface area contributed by atoms with Crippen molar-refractivity contribution in [3.05, 3.63) is 0 Å². The van der Waals surface area contributed by atoms with Crippen molar-refractivity contribution in [1.29, 1.82) is 0 Å². The van der Waals surface area contributed by atoms with E-state index in [0.29, 0.717) is 18.3 Å². The molecule has 0 aliphatic heterocycles. The molecule has 4 fully saturated rings. The molecular formula is C11H16O3. The van der Waals surface area contributed by atoms with Crippen LogP contribution >= 0.6 is 0 Å². The van der Waals surface area contributed by atoms with Crippen LogP contribution in [0.1, 0.15) is 38.5 Å². The first kappa shape index (κ1) is 8.72. The number of rotatable bonds is 1. The Labute approximate surface area is 83.1 Å². The molecule has 0 aromatic carbocycles. The normalized spacial score (nSPS) is 54.9. The van der Waals surface area contributed by atoms with Crippen LogP contribution in [0.25, 0.3) is 0 Å².